The summed E-state index contributed by atoms with van der Waals surface area (Å²) in [5, 5.41) is 2.98. The van der Waals surface area contributed by atoms with Gasteiger partial charge >= 0.3 is 0 Å². The van der Waals surface area contributed by atoms with Crippen molar-refractivity contribution in [1.29, 1.82) is 0 Å². The van der Waals surface area contributed by atoms with E-state index in [2.05, 4.69) is 5.32 Å². The number of aldehydes is 1. The van der Waals surface area contributed by atoms with Gasteiger partial charge in [-0.2, -0.15) is 0 Å². The molecule has 1 aliphatic carbocycles. The zero-order chi connectivity index (χ0) is 15.1. The molecule has 0 aliphatic heterocycles. The smallest absolute Gasteiger partial charge is 0.258 e. The first-order valence-corrected chi connectivity index (χ1v) is 7.28. The quantitative estimate of drug-likeness (QED) is 0.817. The van der Waals surface area contributed by atoms with Crippen LogP contribution in [0.4, 0.5) is 0 Å². The summed E-state index contributed by atoms with van der Waals surface area (Å²) in [6, 6.07) is 5.12. The minimum Gasteiger partial charge on any atom is -0.493 e. The second-order valence-corrected chi connectivity index (χ2v) is 5.22. The number of benzene rings is 1. The summed E-state index contributed by atoms with van der Waals surface area (Å²) in [5.74, 6) is 0.771. The molecule has 1 N–H and O–H groups in total. The predicted octanol–water partition coefficient (Wildman–Crippen LogP) is 2.34. The Kier molecular flexibility index (Phi) is 5.60. The number of hydrogen-bond donors (Lipinski definition) is 1. The first-order chi connectivity index (χ1) is 10.2. The number of carbonyl (C=O) groups excluding carboxylic acids is 2. The van der Waals surface area contributed by atoms with Crippen molar-refractivity contribution in [3.8, 4) is 11.5 Å². The minimum absolute atomic E-state index is 0.0742. The third kappa shape index (κ3) is 4.48. The predicted molar refractivity (Wildman–Crippen MR) is 78.9 cm³/mol. The van der Waals surface area contributed by atoms with Crippen LogP contribution in [0, 0.1) is 0 Å². The second kappa shape index (κ2) is 7.67. The van der Waals surface area contributed by atoms with Crippen molar-refractivity contribution in [2.24, 2.45) is 0 Å². The number of methoxy groups -OCH3 is 1. The number of nitrogens with one attached hydrogen (secondary N) is 1. The Labute approximate surface area is 124 Å². The van der Waals surface area contributed by atoms with Gasteiger partial charge in [0.15, 0.2) is 18.1 Å². The van der Waals surface area contributed by atoms with Crippen molar-refractivity contribution < 1.29 is 19.1 Å². The maximum absolute atomic E-state index is 11.9. The van der Waals surface area contributed by atoms with Crippen molar-refractivity contribution in [2.45, 2.75) is 38.1 Å². The Morgan fingerprint density at radius 3 is 2.71 bits per heavy atom. The van der Waals surface area contributed by atoms with Gasteiger partial charge in [-0.15, -0.1) is 0 Å². The molecule has 1 amide bonds. The summed E-state index contributed by atoms with van der Waals surface area (Å²) in [5.41, 5.74) is 0.485. The lowest BCUT2D eigenvalue weighted by Gasteiger charge is -2.22. The lowest BCUT2D eigenvalue weighted by atomic mass is 9.95. The van der Waals surface area contributed by atoms with Crippen LogP contribution in [-0.2, 0) is 4.79 Å². The summed E-state index contributed by atoms with van der Waals surface area (Å²) in [4.78, 5) is 22.7. The van der Waals surface area contributed by atoms with E-state index in [1.54, 1.807) is 18.2 Å². The number of hydrogen-bond acceptors (Lipinski definition) is 4. The van der Waals surface area contributed by atoms with Crippen LogP contribution in [0.1, 0.15) is 42.5 Å². The van der Waals surface area contributed by atoms with Gasteiger partial charge in [0, 0.05) is 11.6 Å². The van der Waals surface area contributed by atoms with E-state index in [-0.39, 0.29) is 18.6 Å². The van der Waals surface area contributed by atoms with Crippen LogP contribution in [0.15, 0.2) is 18.2 Å². The standard InChI is InChI=1S/C16H21NO4/c1-20-14-8-7-12(10-18)9-15(14)21-11-16(19)17-13-5-3-2-4-6-13/h7-10,13H,2-6,11H2,1H3,(H,17,19). The summed E-state index contributed by atoms with van der Waals surface area (Å²) in [6.07, 6.45) is 6.39. The molecule has 0 atom stereocenters. The molecule has 1 fully saturated rings. The van der Waals surface area contributed by atoms with E-state index >= 15 is 0 Å². The fourth-order valence-electron chi connectivity index (χ4n) is 2.54. The number of carbonyl (C=O) groups is 2. The molecule has 1 aromatic carbocycles. The number of ether oxygens (including phenoxy) is 2. The largest absolute Gasteiger partial charge is 0.493 e. The second-order valence-electron chi connectivity index (χ2n) is 5.22. The van der Waals surface area contributed by atoms with Gasteiger partial charge in [0.05, 0.1) is 7.11 Å². The molecule has 0 aromatic heterocycles. The molecule has 0 unspecified atom stereocenters. The molecule has 0 saturated heterocycles. The molecule has 2 rings (SSSR count). The van der Waals surface area contributed by atoms with E-state index in [1.807, 2.05) is 0 Å². The van der Waals surface area contributed by atoms with Gasteiger partial charge in [-0.1, -0.05) is 19.3 Å². The SMILES string of the molecule is COc1ccc(C=O)cc1OCC(=O)NC1CCCCC1. The molecular formula is C16H21NO4. The molecule has 0 spiro atoms. The van der Waals surface area contributed by atoms with Crippen LogP contribution in [0.5, 0.6) is 11.5 Å². The molecule has 0 radical (unpaired) electrons. The minimum atomic E-state index is -0.138. The highest BCUT2D eigenvalue weighted by Gasteiger charge is 2.16. The topological polar surface area (TPSA) is 64.6 Å². The molecule has 1 aromatic rings. The van der Waals surface area contributed by atoms with Crippen LogP contribution in [0.2, 0.25) is 0 Å². The highest BCUT2D eigenvalue weighted by atomic mass is 16.5. The Hall–Kier alpha value is -2.04. The number of amides is 1. The van der Waals surface area contributed by atoms with Crippen LogP contribution >= 0.6 is 0 Å². The normalized spacial score (nSPS) is 15.3. The lowest BCUT2D eigenvalue weighted by molar-refractivity contribution is -0.124. The third-order valence-corrected chi connectivity index (χ3v) is 3.65. The molecule has 21 heavy (non-hydrogen) atoms. The molecule has 1 saturated carbocycles. The number of rotatable bonds is 6. The fraction of sp³-hybridized carbons (Fsp3) is 0.500. The van der Waals surface area contributed by atoms with E-state index in [1.165, 1.54) is 26.4 Å². The Morgan fingerprint density at radius 1 is 1.29 bits per heavy atom. The molecule has 0 heterocycles. The zero-order valence-corrected chi connectivity index (χ0v) is 12.3. The van der Waals surface area contributed by atoms with E-state index in [9.17, 15) is 9.59 Å². The Bertz CT molecular complexity index is 495. The van der Waals surface area contributed by atoms with Gasteiger partial charge in [0.1, 0.15) is 6.29 Å². The summed E-state index contributed by atoms with van der Waals surface area (Å²) in [6.45, 7) is -0.0742. The first-order valence-electron chi connectivity index (χ1n) is 7.28. The van der Waals surface area contributed by atoms with Gasteiger partial charge in [-0.05, 0) is 31.0 Å². The van der Waals surface area contributed by atoms with Gasteiger partial charge in [-0.3, -0.25) is 9.59 Å². The average Bonchev–Trinajstić information content (AvgIpc) is 2.53. The van der Waals surface area contributed by atoms with E-state index in [0.29, 0.717) is 17.1 Å². The van der Waals surface area contributed by atoms with Crippen LogP contribution in [0.25, 0.3) is 0 Å². The van der Waals surface area contributed by atoms with E-state index in [0.717, 1.165) is 19.1 Å². The molecule has 5 nitrogen and oxygen atoms in total. The first kappa shape index (κ1) is 15.4. The van der Waals surface area contributed by atoms with Gasteiger partial charge in [0.25, 0.3) is 5.91 Å². The maximum atomic E-state index is 11.9. The zero-order valence-electron chi connectivity index (χ0n) is 12.3. The van der Waals surface area contributed by atoms with Crippen molar-refractivity contribution in [1.82, 2.24) is 5.32 Å². The van der Waals surface area contributed by atoms with Crippen molar-refractivity contribution in [3.63, 3.8) is 0 Å². The molecule has 0 bridgehead atoms. The summed E-state index contributed by atoms with van der Waals surface area (Å²) >= 11 is 0. The van der Waals surface area contributed by atoms with E-state index < -0.39 is 0 Å². The van der Waals surface area contributed by atoms with Gasteiger partial charge in [-0.25, -0.2) is 0 Å². The Morgan fingerprint density at radius 2 is 2.05 bits per heavy atom. The highest BCUT2D eigenvalue weighted by Crippen LogP contribution is 2.27. The average molecular weight is 291 g/mol. The summed E-state index contributed by atoms with van der Waals surface area (Å²) in [7, 11) is 1.52. The Balaban J connectivity index is 1.89. The van der Waals surface area contributed by atoms with Crippen molar-refractivity contribution >= 4 is 12.2 Å². The molecule has 114 valence electrons. The van der Waals surface area contributed by atoms with Crippen LogP contribution in [-0.4, -0.2) is 32.0 Å². The monoisotopic (exact) mass is 291 g/mol. The van der Waals surface area contributed by atoms with E-state index in [4.69, 9.17) is 9.47 Å². The molecule has 5 heteroatoms. The van der Waals surface area contributed by atoms with Gasteiger partial charge < -0.3 is 14.8 Å². The summed E-state index contributed by atoms with van der Waals surface area (Å²) < 4.78 is 10.6. The third-order valence-electron chi connectivity index (χ3n) is 3.65. The van der Waals surface area contributed by atoms with Gasteiger partial charge in [0.2, 0.25) is 0 Å². The highest BCUT2D eigenvalue weighted by molar-refractivity contribution is 5.79. The fourth-order valence-corrected chi connectivity index (χ4v) is 2.54. The van der Waals surface area contributed by atoms with Crippen molar-refractivity contribution in [2.75, 3.05) is 13.7 Å². The molecular weight excluding hydrogens is 270 g/mol. The molecule has 1 aliphatic rings. The van der Waals surface area contributed by atoms with Crippen LogP contribution in [0.3, 0.4) is 0 Å². The van der Waals surface area contributed by atoms with Crippen molar-refractivity contribution in [3.05, 3.63) is 23.8 Å². The van der Waals surface area contributed by atoms with Crippen LogP contribution < -0.4 is 14.8 Å². The maximum Gasteiger partial charge on any atom is 0.258 e. The lowest BCUT2D eigenvalue weighted by Crippen LogP contribution is -2.39.